The minimum atomic E-state index is -0.781. The number of alkyl halides is 1. The second kappa shape index (κ2) is 2.37. The number of rotatable bonds is 1. The van der Waals surface area contributed by atoms with Crippen molar-refractivity contribution in [3.63, 3.8) is 0 Å². The minimum Gasteiger partial charge on any atom is -0.354 e. The van der Waals surface area contributed by atoms with Gasteiger partial charge in [0.2, 0.25) is 0 Å². The fourth-order valence-corrected chi connectivity index (χ4v) is 0.668. The van der Waals surface area contributed by atoms with Crippen molar-refractivity contribution in [2.24, 2.45) is 10.7 Å². The summed E-state index contributed by atoms with van der Waals surface area (Å²) in [6.07, 6.45) is 5.10. The van der Waals surface area contributed by atoms with Gasteiger partial charge < -0.3 is 5.32 Å². The van der Waals surface area contributed by atoms with Crippen molar-refractivity contribution >= 4 is 17.8 Å². The van der Waals surface area contributed by atoms with E-state index in [4.69, 9.17) is 17.3 Å². The number of hydrogen-bond acceptors (Lipinski definition) is 3. The van der Waals surface area contributed by atoms with E-state index < -0.39 is 5.79 Å². The lowest BCUT2D eigenvalue weighted by atomic mass is 10.4. The highest BCUT2D eigenvalue weighted by Crippen LogP contribution is 2.02. The van der Waals surface area contributed by atoms with Crippen LogP contribution in [0.3, 0.4) is 0 Å². The van der Waals surface area contributed by atoms with Crippen LogP contribution in [-0.2, 0) is 0 Å². The predicted octanol–water partition coefficient (Wildman–Crippen LogP) is 0.0254. The molecule has 1 unspecified atom stereocenters. The summed E-state index contributed by atoms with van der Waals surface area (Å²) in [6.45, 7) is 0. The maximum absolute atomic E-state index is 5.57. The first-order valence-electron chi connectivity index (χ1n) is 2.60. The van der Waals surface area contributed by atoms with E-state index >= 15 is 0 Å². The summed E-state index contributed by atoms with van der Waals surface area (Å²) in [4.78, 5) is 3.90. The number of nitrogens with two attached hydrogens (primary N) is 1. The molecule has 1 aliphatic heterocycles. The highest BCUT2D eigenvalue weighted by molar-refractivity contribution is 6.18. The Morgan fingerprint density at radius 2 is 2.56 bits per heavy atom. The zero-order valence-electron chi connectivity index (χ0n) is 4.84. The molecule has 0 aromatic rings. The van der Waals surface area contributed by atoms with E-state index in [-0.39, 0.29) is 5.88 Å². The molecule has 0 bridgehead atoms. The Bertz CT molecular complexity index is 154. The molecule has 0 aromatic heterocycles. The van der Waals surface area contributed by atoms with E-state index in [0.29, 0.717) is 0 Å². The SMILES string of the molecule is NC1(CCl)N=CC=CN1. The van der Waals surface area contributed by atoms with Gasteiger partial charge in [-0.3, -0.25) is 5.73 Å². The molecule has 0 fully saturated rings. The van der Waals surface area contributed by atoms with Gasteiger partial charge in [0, 0.05) is 12.4 Å². The third kappa shape index (κ3) is 1.43. The van der Waals surface area contributed by atoms with E-state index in [0.717, 1.165) is 0 Å². The highest BCUT2D eigenvalue weighted by Gasteiger charge is 2.19. The summed E-state index contributed by atoms with van der Waals surface area (Å²) in [7, 11) is 0. The summed E-state index contributed by atoms with van der Waals surface area (Å²) in [5, 5.41) is 2.81. The first-order chi connectivity index (χ1) is 4.27. The van der Waals surface area contributed by atoms with E-state index in [1.54, 1.807) is 18.5 Å². The zero-order chi connectivity index (χ0) is 6.74. The molecule has 0 spiro atoms. The molecule has 3 nitrogen and oxygen atoms in total. The maximum atomic E-state index is 5.57. The Morgan fingerprint density at radius 3 is 2.89 bits per heavy atom. The Balaban J connectivity index is 2.63. The van der Waals surface area contributed by atoms with Crippen LogP contribution in [0.1, 0.15) is 0 Å². The normalized spacial score (nSPS) is 32.2. The quantitative estimate of drug-likeness (QED) is 0.512. The summed E-state index contributed by atoms with van der Waals surface area (Å²) in [5.41, 5.74) is 5.57. The zero-order valence-corrected chi connectivity index (χ0v) is 5.60. The molecule has 0 aliphatic carbocycles. The van der Waals surface area contributed by atoms with E-state index in [1.165, 1.54) is 0 Å². The molecule has 0 amide bonds. The molecule has 1 rings (SSSR count). The number of nitrogens with one attached hydrogen (secondary N) is 1. The molecule has 3 N–H and O–H groups in total. The van der Waals surface area contributed by atoms with Crippen LogP contribution < -0.4 is 11.1 Å². The Labute approximate surface area is 58.6 Å². The van der Waals surface area contributed by atoms with Gasteiger partial charge in [0.05, 0.1) is 5.88 Å². The third-order valence-corrected chi connectivity index (χ3v) is 1.43. The smallest absolute Gasteiger partial charge is 0.195 e. The second-order valence-electron chi connectivity index (χ2n) is 1.84. The fraction of sp³-hybridized carbons (Fsp3) is 0.400. The molecule has 1 atom stereocenters. The van der Waals surface area contributed by atoms with Crippen LogP contribution in [0.25, 0.3) is 0 Å². The van der Waals surface area contributed by atoms with Gasteiger partial charge in [0.15, 0.2) is 5.79 Å². The molecule has 0 radical (unpaired) electrons. The number of allylic oxidation sites excluding steroid dienone is 1. The van der Waals surface area contributed by atoms with Crippen LogP contribution in [0.5, 0.6) is 0 Å². The average molecular weight is 146 g/mol. The van der Waals surface area contributed by atoms with Crippen LogP contribution in [0.4, 0.5) is 0 Å². The second-order valence-corrected chi connectivity index (χ2v) is 2.11. The van der Waals surface area contributed by atoms with Crippen molar-refractivity contribution in [3.8, 4) is 0 Å². The van der Waals surface area contributed by atoms with E-state index in [9.17, 15) is 0 Å². The molecule has 9 heavy (non-hydrogen) atoms. The van der Waals surface area contributed by atoms with Crippen LogP contribution >= 0.6 is 11.6 Å². The fourth-order valence-electron chi connectivity index (χ4n) is 0.522. The van der Waals surface area contributed by atoms with Crippen LogP contribution in [0.15, 0.2) is 17.3 Å². The van der Waals surface area contributed by atoms with Crippen molar-refractivity contribution in [2.45, 2.75) is 5.79 Å². The average Bonchev–Trinajstić information content (AvgIpc) is 1.90. The van der Waals surface area contributed by atoms with Gasteiger partial charge in [-0.05, 0) is 6.08 Å². The van der Waals surface area contributed by atoms with Crippen molar-refractivity contribution in [1.29, 1.82) is 0 Å². The number of halogens is 1. The Morgan fingerprint density at radius 1 is 1.78 bits per heavy atom. The lowest BCUT2D eigenvalue weighted by molar-refractivity contribution is 0.444. The number of aliphatic imine (C=N–C) groups is 1. The largest absolute Gasteiger partial charge is 0.354 e. The summed E-state index contributed by atoms with van der Waals surface area (Å²) in [5.74, 6) is -0.510. The third-order valence-electron chi connectivity index (χ3n) is 1.02. The Kier molecular flexibility index (Phi) is 1.73. The van der Waals surface area contributed by atoms with Gasteiger partial charge in [-0.1, -0.05) is 0 Å². The molecule has 50 valence electrons. The highest BCUT2D eigenvalue weighted by atomic mass is 35.5. The number of hydrogen-bond donors (Lipinski definition) is 2. The van der Waals surface area contributed by atoms with Gasteiger partial charge in [0.1, 0.15) is 0 Å². The first kappa shape index (κ1) is 6.58. The van der Waals surface area contributed by atoms with Gasteiger partial charge in [-0.25, -0.2) is 4.99 Å². The molecule has 0 saturated heterocycles. The summed E-state index contributed by atoms with van der Waals surface area (Å²) in [6, 6.07) is 0. The van der Waals surface area contributed by atoms with E-state index in [1.807, 2.05) is 0 Å². The van der Waals surface area contributed by atoms with Crippen molar-refractivity contribution < 1.29 is 0 Å². The maximum Gasteiger partial charge on any atom is 0.195 e. The Hall–Kier alpha value is -0.540. The topological polar surface area (TPSA) is 50.4 Å². The summed E-state index contributed by atoms with van der Waals surface area (Å²) >= 11 is 5.49. The lowest BCUT2D eigenvalue weighted by Crippen LogP contribution is -2.52. The molecule has 1 heterocycles. The van der Waals surface area contributed by atoms with Gasteiger partial charge in [-0.15, -0.1) is 11.6 Å². The van der Waals surface area contributed by atoms with Crippen LogP contribution in [0.2, 0.25) is 0 Å². The standard InChI is InChI=1S/C5H8ClN3/c6-4-5(7)8-2-1-3-9-5/h1-3,8H,4,7H2. The lowest BCUT2D eigenvalue weighted by Gasteiger charge is -2.23. The van der Waals surface area contributed by atoms with Crippen LogP contribution in [-0.4, -0.2) is 17.9 Å². The van der Waals surface area contributed by atoms with Gasteiger partial charge in [-0.2, -0.15) is 0 Å². The summed E-state index contributed by atoms with van der Waals surface area (Å²) < 4.78 is 0. The van der Waals surface area contributed by atoms with Crippen molar-refractivity contribution in [1.82, 2.24) is 5.32 Å². The minimum absolute atomic E-state index is 0.272. The molecule has 0 aromatic carbocycles. The van der Waals surface area contributed by atoms with Gasteiger partial charge >= 0.3 is 0 Å². The van der Waals surface area contributed by atoms with Crippen LogP contribution in [0, 0.1) is 0 Å². The predicted molar refractivity (Wildman–Crippen MR) is 38.4 cm³/mol. The van der Waals surface area contributed by atoms with E-state index in [2.05, 4.69) is 10.3 Å². The molecule has 0 saturated carbocycles. The molecule has 1 aliphatic rings. The number of nitrogens with zero attached hydrogens (tertiary/aromatic N) is 1. The first-order valence-corrected chi connectivity index (χ1v) is 3.13. The van der Waals surface area contributed by atoms with Crippen molar-refractivity contribution in [2.75, 3.05) is 5.88 Å². The monoisotopic (exact) mass is 145 g/mol. The molecular weight excluding hydrogens is 138 g/mol. The molecular formula is C5H8ClN3. The molecule has 4 heteroatoms. The van der Waals surface area contributed by atoms with Crippen molar-refractivity contribution in [3.05, 3.63) is 12.3 Å². The van der Waals surface area contributed by atoms with Gasteiger partial charge in [0.25, 0.3) is 0 Å².